The molecule has 0 radical (unpaired) electrons. The molecule has 2 aromatic carbocycles. The lowest BCUT2D eigenvalue weighted by Gasteiger charge is -2.21. The quantitative estimate of drug-likeness (QED) is 0.608. The van der Waals surface area contributed by atoms with E-state index in [9.17, 15) is 4.79 Å². The van der Waals surface area contributed by atoms with Crippen LogP contribution in [0.25, 0.3) is 10.9 Å². The smallest absolute Gasteiger partial charge is 0.220 e. The van der Waals surface area contributed by atoms with E-state index in [2.05, 4.69) is 34.0 Å². The molecular weight excluding hydrogens is 417 g/mol. The Morgan fingerprint density at radius 3 is 2.50 bits per heavy atom. The lowest BCUT2D eigenvalue weighted by atomic mass is 9.95. The summed E-state index contributed by atoms with van der Waals surface area (Å²) < 4.78 is 2.42. The van der Waals surface area contributed by atoms with Gasteiger partial charge in [0.15, 0.2) is 0 Å². The van der Waals surface area contributed by atoms with Crippen LogP contribution in [0, 0.1) is 0 Å². The Kier molecular flexibility index (Phi) is 6.37. The molecule has 1 unspecified atom stereocenters. The second kappa shape index (κ2) is 9.01. The van der Waals surface area contributed by atoms with Crippen molar-refractivity contribution in [2.24, 2.45) is 0 Å². The average Bonchev–Trinajstić information content (AvgIpc) is 2.87. The molecule has 0 saturated carbocycles. The fourth-order valence-electron chi connectivity index (χ4n) is 4.50. The highest BCUT2D eigenvalue weighted by atomic mass is 35.5. The number of carbonyl (C=O) groups is 1. The Labute approximate surface area is 187 Å². The number of fused-ring (bicyclic) bond motifs is 3. The molecule has 2 heterocycles. The van der Waals surface area contributed by atoms with E-state index in [1.807, 2.05) is 30.3 Å². The van der Waals surface area contributed by atoms with E-state index in [1.54, 1.807) is 7.05 Å². The molecule has 0 saturated heterocycles. The van der Waals surface area contributed by atoms with Gasteiger partial charge in [-0.3, -0.25) is 4.79 Å². The highest BCUT2D eigenvalue weighted by Crippen LogP contribution is 2.34. The van der Waals surface area contributed by atoms with E-state index < -0.39 is 0 Å². The summed E-state index contributed by atoms with van der Waals surface area (Å²) in [7, 11) is 3.86. The highest BCUT2D eigenvalue weighted by molar-refractivity contribution is 6.31. The normalized spacial score (nSPS) is 15.6. The average molecular weight is 444 g/mol. The third-order valence-electron chi connectivity index (χ3n) is 6.18. The molecule has 1 aliphatic rings. The molecule has 0 aliphatic carbocycles. The molecule has 0 spiro atoms. The zero-order chi connectivity index (χ0) is 21.3. The summed E-state index contributed by atoms with van der Waals surface area (Å²) in [6.07, 6.45) is 2.43. The van der Waals surface area contributed by atoms with Crippen LogP contribution in [0.3, 0.4) is 0 Å². The maximum atomic E-state index is 12.3. The van der Waals surface area contributed by atoms with Gasteiger partial charge in [0.25, 0.3) is 0 Å². The molecule has 6 heteroatoms. The van der Waals surface area contributed by atoms with Crippen molar-refractivity contribution in [3.8, 4) is 0 Å². The molecule has 1 aliphatic heterocycles. The van der Waals surface area contributed by atoms with Gasteiger partial charge in [0.05, 0.1) is 0 Å². The zero-order valence-corrected chi connectivity index (χ0v) is 18.9. The van der Waals surface area contributed by atoms with Gasteiger partial charge >= 0.3 is 0 Å². The maximum Gasteiger partial charge on any atom is 0.220 e. The van der Waals surface area contributed by atoms with Crippen LogP contribution in [0.15, 0.2) is 42.5 Å². The first-order valence-electron chi connectivity index (χ1n) is 10.4. The third kappa shape index (κ3) is 4.36. The van der Waals surface area contributed by atoms with Crippen LogP contribution >= 0.6 is 23.2 Å². The first-order chi connectivity index (χ1) is 14.5. The minimum absolute atomic E-state index is 0.0419. The molecule has 4 nitrogen and oxygen atoms in total. The molecule has 1 aromatic heterocycles. The Hall–Kier alpha value is -2.01. The van der Waals surface area contributed by atoms with Gasteiger partial charge in [-0.15, -0.1) is 0 Å². The van der Waals surface area contributed by atoms with Crippen molar-refractivity contribution in [1.29, 1.82) is 0 Å². The Morgan fingerprint density at radius 1 is 1.07 bits per heavy atom. The number of hydrogen-bond donors (Lipinski definition) is 1. The van der Waals surface area contributed by atoms with Gasteiger partial charge in [-0.1, -0.05) is 35.3 Å². The predicted octanol–water partition coefficient (Wildman–Crippen LogP) is 4.90. The number of halogens is 2. The molecule has 4 rings (SSSR count). The maximum absolute atomic E-state index is 12.3. The summed E-state index contributed by atoms with van der Waals surface area (Å²) in [5, 5.41) is 5.49. The molecule has 1 amide bonds. The molecular formula is C24H27Cl2N3O. The van der Waals surface area contributed by atoms with Crippen molar-refractivity contribution in [3.63, 3.8) is 0 Å². The number of aromatic nitrogens is 1. The number of nitrogens with zero attached hydrogens (tertiary/aromatic N) is 2. The first kappa shape index (κ1) is 21.2. The molecule has 158 valence electrons. The number of rotatable bonds is 5. The lowest BCUT2D eigenvalue weighted by molar-refractivity contribution is -0.121. The van der Waals surface area contributed by atoms with Gasteiger partial charge < -0.3 is 14.8 Å². The number of carbonyl (C=O) groups excluding carboxylic acids is 1. The fraction of sp³-hybridized carbons (Fsp3) is 0.375. The van der Waals surface area contributed by atoms with E-state index in [1.165, 1.54) is 22.2 Å². The highest BCUT2D eigenvalue weighted by Gasteiger charge is 2.24. The van der Waals surface area contributed by atoms with Crippen LogP contribution in [-0.2, 0) is 24.2 Å². The number of benzene rings is 2. The fourth-order valence-corrected chi connectivity index (χ4v) is 4.80. The lowest BCUT2D eigenvalue weighted by Crippen LogP contribution is -2.24. The summed E-state index contributed by atoms with van der Waals surface area (Å²) in [6, 6.07) is 14.0. The van der Waals surface area contributed by atoms with Crippen LogP contribution in [-0.4, -0.2) is 42.6 Å². The topological polar surface area (TPSA) is 37.3 Å². The van der Waals surface area contributed by atoms with Crippen LogP contribution in [0.4, 0.5) is 0 Å². The van der Waals surface area contributed by atoms with Crippen molar-refractivity contribution < 1.29 is 4.79 Å². The second-order valence-corrected chi connectivity index (χ2v) is 9.00. The summed E-state index contributed by atoms with van der Waals surface area (Å²) in [5.41, 5.74) is 5.09. The SMILES string of the molecule is CNC(=O)CC(Cn1c2c(c3cc(Cl)ccc31)CCN(C)CC2)c1ccc(Cl)cc1. The van der Waals surface area contributed by atoms with E-state index in [-0.39, 0.29) is 11.8 Å². The zero-order valence-electron chi connectivity index (χ0n) is 17.4. The monoisotopic (exact) mass is 443 g/mol. The molecule has 3 aromatic rings. The van der Waals surface area contributed by atoms with Crippen LogP contribution in [0.2, 0.25) is 10.0 Å². The van der Waals surface area contributed by atoms with Gasteiger partial charge in [-0.25, -0.2) is 0 Å². The predicted molar refractivity (Wildman–Crippen MR) is 125 cm³/mol. The van der Waals surface area contributed by atoms with Gasteiger partial charge in [0.2, 0.25) is 5.91 Å². The minimum atomic E-state index is 0.0419. The van der Waals surface area contributed by atoms with Crippen molar-refractivity contribution in [2.75, 3.05) is 27.2 Å². The Morgan fingerprint density at radius 2 is 1.77 bits per heavy atom. The standard InChI is InChI=1S/C24H27Cl2N3O/c1-27-24(30)13-17(16-3-5-18(25)6-4-16)15-29-22-8-7-19(26)14-21(22)20-9-11-28(2)12-10-23(20)29/h3-8,14,17H,9-13,15H2,1-2H3,(H,27,30). The van der Waals surface area contributed by atoms with Crippen LogP contribution in [0.1, 0.15) is 29.2 Å². The van der Waals surface area contributed by atoms with Crippen LogP contribution in [0.5, 0.6) is 0 Å². The van der Waals surface area contributed by atoms with E-state index in [4.69, 9.17) is 23.2 Å². The summed E-state index contributed by atoms with van der Waals surface area (Å²) in [5.74, 6) is 0.0962. The summed E-state index contributed by atoms with van der Waals surface area (Å²) in [4.78, 5) is 14.7. The Bertz CT molecular complexity index is 1060. The number of likely N-dealkylation sites (N-methyl/N-ethyl adjacent to an activating group) is 1. The molecule has 30 heavy (non-hydrogen) atoms. The third-order valence-corrected chi connectivity index (χ3v) is 6.66. The van der Waals surface area contributed by atoms with E-state index >= 15 is 0 Å². The van der Waals surface area contributed by atoms with Crippen LogP contribution < -0.4 is 5.32 Å². The van der Waals surface area contributed by atoms with Gasteiger partial charge in [0.1, 0.15) is 0 Å². The van der Waals surface area contributed by atoms with E-state index in [0.717, 1.165) is 43.1 Å². The second-order valence-electron chi connectivity index (χ2n) is 8.13. The van der Waals surface area contributed by atoms with Crippen molar-refractivity contribution in [2.45, 2.75) is 31.7 Å². The first-order valence-corrected chi connectivity index (χ1v) is 11.2. The van der Waals surface area contributed by atoms with Gasteiger partial charge in [0, 0.05) is 72.1 Å². The Balaban J connectivity index is 1.80. The van der Waals surface area contributed by atoms with Crippen molar-refractivity contribution >= 4 is 40.0 Å². The van der Waals surface area contributed by atoms with Crippen molar-refractivity contribution in [1.82, 2.24) is 14.8 Å². The number of nitrogens with one attached hydrogen (secondary N) is 1. The number of amides is 1. The molecule has 0 fully saturated rings. The molecule has 1 N–H and O–H groups in total. The van der Waals surface area contributed by atoms with Crippen molar-refractivity contribution in [3.05, 3.63) is 69.3 Å². The molecule has 1 atom stereocenters. The number of hydrogen-bond acceptors (Lipinski definition) is 2. The largest absolute Gasteiger partial charge is 0.359 e. The summed E-state index contributed by atoms with van der Waals surface area (Å²) >= 11 is 12.5. The van der Waals surface area contributed by atoms with Gasteiger partial charge in [-0.2, -0.15) is 0 Å². The summed E-state index contributed by atoms with van der Waals surface area (Å²) in [6.45, 7) is 2.81. The van der Waals surface area contributed by atoms with E-state index in [0.29, 0.717) is 11.4 Å². The molecule has 0 bridgehead atoms. The van der Waals surface area contributed by atoms with Gasteiger partial charge in [-0.05, 0) is 54.9 Å². The minimum Gasteiger partial charge on any atom is -0.359 e.